The molecule has 2 aromatic rings. The highest BCUT2D eigenvalue weighted by Crippen LogP contribution is 2.31. The third-order valence-corrected chi connectivity index (χ3v) is 7.05. The predicted octanol–water partition coefficient (Wildman–Crippen LogP) is 6.26. The van der Waals surface area contributed by atoms with Crippen molar-refractivity contribution < 1.29 is 4.79 Å². The van der Waals surface area contributed by atoms with Gasteiger partial charge in [0.1, 0.15) is 5.04 Å². The van der Waals surface area contributed by atoms with Crippen LogP contribution in [-0.2, 0) is 4.79 Å². The number of rotatable bonds is 6. The van der Waals surface area contributed by atoms with Crippen LogP contribution in [-0.4, -0.2) is 31.5 Å². The van der Waals surface area contributed by atoms with Gasteiger partial charge in [-0.3, -0.25) is 10.2 Å². The van der Waals surface area contributed by atoms with Crippen LogP contribution in [0.5, 0.6) is 0 Å². The summed E-state index contributed by atoms with van der Waals surface area (Å²) in [6, 6.07) is 7.97. The lowest BCUT2D eigenvalue weighted by Crippen LogP contribution is -2.35. The molecule has 0 saturated heterocycles. The molecule has 1 amide bonds. The Morgan fingerprint density at radius 2 is 1.97 bits per heavy atom. The topological polar surface area (TPSA) is 73.8 Å². The summed E-state index contributed by atoms with van der Waals surface area (Å²) in [4.78, 5) is 17.0. The van der Waals surface area contributed by atoms with Gasteiger partial charge in [0.05, 0.1) is 5.57 Å². The van der Waals surface area contributed by atoms with Crippen LogP contribution in [0.15, 0.2) is 39.9 Å². The van der Waals surface area contributed by atoms with E-state index in [0.29, 0.717) is 10.2 Å². The Kier molecular flexibility index (Phi) is 6.40. The zero-order valence-corrected chi connectivity index (χ0v) is 20.3. The lowest BCUT2D eigenvalue weighted by molar-refractivity contribution is -0.114. The molecule has 32 heavy (non-hydrogen) atoms. The van der Waals surface area contributed by atoms with Crippen molar-refractivity contribution in [3.05, 3.63) is 57.4 Å². The molecular weight excluding hydrogens is 442 g/mol. The number of amidine groups is 2. The van der Waals surface area contributed by atoms with Crippen LogP contribution in [0.25, 0.3) is 11.8 Å². The number of thioether (sulfide) groups is 1. The predicted molar refractivity (Wildman–Crippen MR) is 134 cm³/mol. The van der Waals surface area contributed by atoms with E-state index in [1.807, 2.05) is 45.0 Å². The van der Waals surface area contributed by atoms with Crippen molar-refractivity contribution in [1.82, 2.24) is 9.58 Å². The van der Waals surface area contributed by atoms with E-state index in [1.54, 1.807) is 6.08 Å². The summed E-state index contributed by atoms with van der Waals surface area (Å²) in [6.45, 7) is 8.14. The Morgan fingerprint density at radius 3 is 2.69 bits per heavy atom. The Bertz CT molecular complexity index is 1210. The van der Waals surface area contributed by atoms with Crippen molar-refractivity contribution in [1.29, 1.82) is 5.41 Å². The SMILES string of the molecule is CCCCCC1=NN2C(=N)C(=Cc3cc(C)n(-c4ccc(C)c(Cl)c4)c3C)C(=O)N=C2S1. The second kappa shape index (κ2) is 9.08. The second-order valence-corrected chi connectivity index (χ2v) is 9.51. The van der Waals surface area contributed by atoms with E-state index in [-0.39, 0.29) is 11.4 Å². The number of carbonyl (C=O) groups excluding carboxylic acids is 1. The minimum Gasteiger partial charge on any atom is -0.318 e. The van der Waals surface area contributed by atoms with Crippen LogP contribution in [0.4, 0.5) is 0 Å². The molecule has 0 saturated carbocycles. The summed E-state index contributed by atoms with van der Waals surface area (Å²) >= 11 is 7.73. The highest BCUT2D eigenvalue weighted by Gasteiger charge is 2.35. The fourth-order valence-electron chi connectivity index (χ4n) is 3.87. The third kappa shape index (κ3) is 4.19. The molecule has 6 nitrogen and oxygen atoms in total. The van der Waals surface area contributed by atoms with Gasteiger partial charge in [0.2, 0.25) is 5.17 Å². The normalized spacial score (nSPS) is 17.2. The molecule has 166 valence electrons. The zero-order valence-electron chi connectivity index (χ0n) is 18.7. The number of nitrogens with zero attached hydrogens (tertiary/aromatic N) is 4. The fraction of sp³-hybridized carbons (Fsp3) is 0.333. The van der Waals surface area contributed by atoms with Gasteiger partial charge >= 0.3 is 0 Å². The van der Waals surface area contributed by atoms with E-state index in [4.69, 9.17) is 17.0 Å². The summed E-state index contributed by atoms with van der Waals surface area (Å²) in [5.41, 5.74) is 5.07. The molecule has 3 heterocycles. The van der Waals surface area contributed by atoms with E-state index in [0.717, 1.165) is 58.9 Å². The summed E-state index contributed by atoms with van der Waals surface area (Å²) < 4.78 is 2.10. The van der Waals surface area contributed by atoms with Gasteiger partial charge < -0.3 is 4.57 Å². The number of nitrogens with one attached hydrogen (secondary N) is 1. The minimum atomic E-state index is -0.401. The molecule has 0 atom stereocenters. The number of unbranched alkanes of at least 4 members (excludes halogenated alkanes) is 2. The standard InChI is InChI=1S/C24H26ClN5OS/c1-5-6-7-8-21-28-30-22(26)19(23(31)27-24(30)32-21)12-17-11-15(3)29(16(17)4)18-10-9-14(2)20(25)13-18/h9-13,26H,5-8H2,1-4H3. The number of aromatic nitrogens is 1. The number of benzene rings is 1. The summed E-state index contributed by atoms with van der Waals surface area (Å²) in [6.07, 6.45) is 5.90. The molecule has 1 N–H and O–H groups in total. The highest BCUT2D eigenvalue weighted by atomic mass is 35.5. The molecule has 0 aliphatic carbocycles. The van der Waals surface area contributed by atoms with Crippen LogP contribution in [0.2, 0.25) is 5.02 Å². The van der Waals surface area contributed by atoms with Gasteiger partial charge in [-0.2, -0.15) is 15.1 Å². The molecule has 0 fully saturated rings. The maximum Gasteiger partial charge on any atom is 0.283 e. The van der Waals surface area contributed by atoms with Crippen molar-refractivity contribution in [2.45, 2.75) is 53.4 Å². The number of amides is 1. The van der Waals surface area contributed by atoms with Crippen molar-refractivity contribution in [3.63, 3.8) is 0 Å². The molecule has 0 radical (unpaired) electrons. The van der Waals surface area contributed by atoms with Gasteiger partial charge in [-0.15, -0.1) is 0 Å². The summed E-state index contributed by atoms with van der Waals surface area (Å²) in [5, 5.41) is 16.7. The zero-order chi connectivity index (χ0) is 23.0. The molecule has 0 unspecified atom stereocenters. The number of hydrazone groups is 1. The number of hydrogen-bond donors (Lipinski definition) is 1. The van der Waals surface area contributed by atoms with Gasteiger partial charge in [0.15, 0.2) is 5.84 Å². The van der Waals surface area contributed by atoms with Crippen molar-refractivity contribution in [3.8, 4) is 5.69 Å². The first-order valence-electron chi connectivity index (χ1n) is 10.7. The van der Waals surface area contributed by atoms with E-state index in [1.165, 1.54) is 16.8 Å². The average molecular weight is 468 g/mol. The number of fused-ring (bicyclic) bond motifs is 1. The highest BCUT2D eigenvalue weighted by molar-refractivity contribution is 8.26. The van der Waals surface area contributed by atoms with Crippen LogP contribution < -0.4 is 0 Å². The van der Waals surface area contributed by atoms with Crippen molar-refractivity contribution in [2.75, 3.05) is 0 Å². The second-order valence-electron chi connectivity index (χ2n) is 8.07. The minimum absolute atomic E-state index is 0.0705. The number of aryl methyl sites for hydroxylation is 2. The summed E-state index contributed by atoms with van der Waals surface area (Å²) in [5.74, 6) is -0.330. The first-order chi connectivity index (χ1) is 15.3. The molecule has 1 aromatic heterocycles. The van der Waals surface area contributed by atoms with Crippen LogP contribution >= 0.6 is 23.4 Å². The van der Waals surface area contributed by atoms with Crippen molar-refractivity contribution in [2.24, 2.45) is 10.1 Å². The van der Waals surface area contributed by atoms with Crippen LogP contribution in [0.3, 0.4) is 0 Å². The van der Waals surface area contributed by atoms with Gasteiger partial charge in [-0.25, -0.2) is 0 Å². The lowest BCUT2D eigenvalue weighted by Gasteiger charge is -2.20. The van der Waals surface area contributed by atoms with Crippen molar-refractivity contribution >= 4 is 51.4 Å². The number of hydrogen-bond acceptors (Lipinski definition) is 4. The quantitative estimate of drug-likeness (QED) is 0.402. The molecule has 8 heteroatoms. The largest absolute Gasteiger partial charge is 0.318 e. The molecule has 0 bridgehead atoms. The molecule has 4 rings (SSSR count). The Hall–Kier alpha value is -2.64. The Labute approximate surface area is 197 Å². The molecular formula is C24H26ClN5OS. The first kappa shape index (κ1) is 22.6. The molecule has 2 aliphatic heterocycles. The number of halogens is 1. The number of aliphatic imine (C=N–C) groups is 1. The maximum atomic E-state index is 12.8. The molecule has 1 aromatic carbocycles. The van der Waals surface area contributed by atoms with Gasteiger partial charge in [0, 0.05) is 22.1 Å². The smallest absolute Gasteiger partial charge is 0.283 e. The van der Waals surface area contributed by atoms with Gasteiger partial charge in [-0.05, 0) is 80.8 Å². The maximum absolute atomic E-state index is 12.8. The number of carbonyl (C=O) groups is 1. The monoisotopic (exact) mass is 467 g/mol. The van der Waals surface area contributed by atoms with Gasteiger partial charge in [0.25, 0.3) is 5.91 Å². The average Bonchev–Trinajstić information content (AvgIpc) is 3.27. The van der Waals surface area contributed by atoms with Crippen LogP contribution in [0.1, 0.15) is 55.1 Å². The van der Waals surface area contributed by atoms with E-state index >= 15 is 0 Å². The lowest BCUT2D eigenvalue weighted by atomic mass is 10.1. The first-order valence-corrected chi connectivity index (χ1v) is 11.9. The molecule has 0 spiro atoms. The third-order valence-electron chi connectivity index (χ3n) is 5.67. The Morgan fingerprint density at radius 1 is 1.19 bits per heavy atom. The summed E-state index contributed by atoms with van der Waals surface area (Å²) in [7, 11) is 0. The van der Waals surface area contributed by atoms with E-state index < -0.39 is 5.91 Å². The Balaban J connectivity index is 1.65. The van der Waals surface area contributed by atoms with Crippen LogP contribution in [0, 0.1) is 26.2 Å². The molecule has 2 aliphatic rings. The van der Waals surface area contributed by atoms with E-state index in [9.17, 15) is 4.79 Å². The van der Waals surface area contributed by atoms with E-state index in [2.05, 4.69) is 21.6 Å². The fourth-order valence-corrected chi connectivity index (χ4v) is 4.97. The van der Waals surface area contributed by atoms with Gasteiger partial charge in [-0.1, -0.05) is 37.4 Å².